The molecule has 16 heavy (non-hydrogen) atoms. The first-order valence-corrected chi connectivity index (χ1v) is 6.26. The summed E-state index contributed by atoms with van der Waals surface area (Å²) in [6.45, 7) is 12.1. The van der Waals surface area contributed by atoms with Crippen LogP contribution in [-0.4, -0.2) is 19.0 Å². The minimum Gasteiger partial charge on any atom is -0.355 e. The van der Waals surface area contributed by atoms with Crippen LogP contribution in [0.1, 0.15) is 47.5 Å². The van der Waals surface area contributed by atoms with Gasteiger partial charge in [0, 0.05) is 12.5 Å². The van der Waals surface area contributed by atoms with Crippen molar-refractivity contribution in [2.24, 2.45) is 23.0 Å². The molecule has 0 aliphatic rings. The second-order valence-electron chi connectivity index (χ2n) is 5.96. The molecule has 1 unspecified atom stereocenters. The lowest BCUT2D eigenvalue weighted by Crippen LogP contribution is -2.38. The second kappa shape index (κ2) is 6.89. The highest BCUT2D eigenvalue weighted by atomic mass is 16.1. The Morgan fingerprint density at radius 1 is 1.31 bits per heavy atom. The number of hydrogen-bond donors (Lipinski definition) is 2. The van der Waals surface area contributed by atoms with Crippen molar-refractivity contribution in [1.29, 1.82) is 0 Å². The van der Waals surface area contributed by atoms with Crippen LogP contribution in [0.4, 0.5) is 0 Å². The van der Waals surface area contributed by atoms with Gasteiger partial charge in [0.25, 0.3) is 0 Å². The summed E-state index contributed by atoms with van der Waals surface area (Å²) < 4.78 is 0. The van der Waals surface area contributed by atoms with Gasteiger partial charge in [0.05, 0.1) is 0 Å². The fraction of sp³-hybridized carbons (Fsp3) is 0.923. The van der Waals surface area contributed by atoms with Crippen LogP contribution in [0.3, 0.4) is 0 Å². The third-order valence-electron chi connectivity index (χ3n) is 2.75. The highest BCUT2D eigenvalue weighted by molar-refractivity contribution is 5.78. The molecular formula is C13H28N2O. The molecule has 3 heteroatoms. The van der Waals surface area contributed by atoms with Crippen LogP contribution in [-0.2, 0) is 4.79 Å². The molecule has 0 saturated carbocycles. The third-order valence-corrected chi connectivity index (χ3v) is 2.75. The Hall–Kier alpha value is -0.570. The smallest absolute Gasteiger partial charge is 0.222 e. The molecule has 0 aliphatic carbocycles. The molecule has 0 saturated heterocycles. The van der Waals surface area contributed by atoms with Gasteiger partial charge in [-0.1, -0.05) is 34.6 Å². The average Bonchev–Trinajstić information content (AvgIpc) is 2.12. The molecule has 0 rings (SSSR count). The Kier molecular flexibility index (Phi) is 6.65. The molecule has 0 aromatic heterocycles. The van der Waals surface area contributed by atoms with E-state index in [2.05, 4.69) is 33.0 Å². The summed E-state index contributed by atoms with van der Waals surface area (Å²) in [5, 5.41) is 3.02. The van der Waals surface area contributed by atoms with Crippen LogP contribution in [0, 0.1) is 17.3 Å². The average molecular weight is 228 g/mol. The van der Waals surface area contributed by atoms with E-state index in [1.807, 2.05) is 6.92 Å². The lowest BCUT2D eigenvalue weighted by atomic mass is 9.84. The van der Waals surface area contributed by atoms with Gasteiger partial charge in [0.1, 0.15) is 0 Å². The summed E-state index contributed by atoms with van der Waals surface area (Å²) in [7, 11) is 0. The number of nitrogens with two attached hydrogens (primary N) is 1. The maximum atomic E-state index is 11.7. The van der Waals surface area contributed by atoms with Crippen molar-refractivity contribution in [3.8, 4) is 0 Å². The van der Waals surface area contributed by atoms with Crippen molar-refractivity contribution in [3.05, 3.63) is 0 Å². The van der Waals surface area contributed by atoms with Crippen LogP contribution in [0.25, 0.3) is 0 Å². The number of rotatable bonds is 7. The van der Waals surface area contributed by atoms with E-state index in [1.165, 1.54) is 0 Å². The van der Waals surface area contributed by atoms with E-state index in [-0.39, 0.29) is 17.2 Å². The minimum absolute atomic E-state index is 0.0276. The van der Waals surface area contributed by atoms with Crippen LogP contribution < -0.4 is 11.1 Å². The molecule has 96 valence electrons. The molecule has 3 nitrogen and oxygen atoms in total. The van der Waals surface area contributed by atoms with Gasteiger partial charge < -0.3 is 11.1 Å². The molecule has 0 fully saturated rings. The van der Waals surface area contributed by atoms with Crippen LogP contribution in [0.2, 0.25) is 0 Å². The molecule has 0 aromatic carbocycles. The first-order valence-electron chi connectivity index (χ1n) is 6.26. The van der Waals surface area contributed by atoms with Crippen molar-refractivity contribution in [3.63, 3.8) is 0 Å². The maximum absolute atomic E-state index is 11.7. The van der Waals surface area contributed by atoms with Crippen molar-refractivity contribution in [2.45, 2.75) is 47.5 Å². The largest absolute Gasteiger partial charge is 0.355 e. The van der Waals surface area contributed by atoms with E-state index in [9.17, 15) is 4.79 Å². The van der Waals surface area contributed by atoms with E-state index >= 15 is 0 Å². The lowest BCUT2D eigenvalue weighted by molar-refractivity contribution is -0.125. The van der Waals surface area contributed by atoms with E-state index < -0.39 is 0 Å². The van der Waals surface area contributed by atoms with E-state index in [1.54, 1.807) is 0 Å². The first kappa shape index (κ1) is 15.4. The minimum atomic E-state index is 0.0276. The highest BCUT2D eigenvalue weighted by Gasteiger charge is 2.21. The van der Waals surface area contributed by atoms with E-state index in [0.29, 0.717) is 12.5 Å². The van der Waals surface area contributed by atoms with Crippen molar-refractivity contribution in [2.75, 3.05) is 13.1 Å². The summed E-state index contributed by atoms with van der Waals surface area (Å²) in [5.41, 5.74) is 5.61. The molecular weight excluding hydrogens is 200 g/mol. The first-order chi connectivity index (χ1) is 7.28. The molecule has 0 aliphatic heterocycles. The Morgan fingerprint density at radius 2 is 1.88 bits per heavy atom. The fourth-order valence-electron chi connectivity index (χ4n) is 2.06. The molecule has 0 bridgehead atoms. The van der Waals surface area contributed by atoms with Crippen molar-refractivity contribution < 1.29 is 4.79 Å². The standard InChI is InChI=1S/C13H28N2O/c1-10(2)8-13(4,5)9-15-12(16)11(3)6-7-14/h10-11H,6-9,14H2,1-5H3,(H,15,16). The summed E-state index contributed by atoms with van der Waals surface area (Å²) in [4.78, 5) is 11.7. The zero-order chi connectivity index (χ0) is 12.8. The normalized spacial score (nSPS) is 13.9. The summed E-state index contributed by atoms with van der Waals surface area (Å²) in [6.07, 6.45) is 1.88. The summed E-state index contributed by atoms with van der Waals surface area (Å²) >= 11 is 0. The van der Waals surface area contributed by atoms with Crippen LogP contribution >= 0.6 is 0 Å². The Morgan fingerprint density at radius 3 is 2.31 bits per heavy atom. The molecule has 0 heterocycles. The van der Waals surface area contributed by atoms with Gasteiger partial charge in [-0.3, -0.25) is 4.79 Å². The fourth-order valence-corrected chi connectivity index (χ4v) is 2.06. The van der Waals surface area contributed by atoms with Gasteiger partial charge in [0.2, 0.25) is 5.91 Å². The zero-order valence-electron chi connectivity index (χ0n) is 11.5. The molecule has 0 radical (unpaired) electrons. The third kappa shape index (κ3) is 6.83. The lowest BCUT2D eigenvalue weighted by Gasteiger charge is -2.27. The predicted octanol–water partition coefficient (Wildman–Crippen LogP) is 2.16. The Labute approximate surface area is 100 Å². The summed E-state index contributed by atoms with van der Waals surface area (Å²) in [6, 6.07) is 0. The molecule has 1 atom stereocenters. The number of amides is 1. The van der Waals surface area contributed by atoms with Gasteiger partial charge >= 0.3 is 0 Å². The van der Waals surface area contributed by atoms with Crippen molar-refractivity contribution in [1.82, 2.24) is 5.32 Å². The van der Waals surface area contributed by atoms with Gasteiger partial charge in [-0.05, 0) is 30.7 Å². The van der Waals surface area contributed by atoms with E-state index in [0.717, 1.165) is 19.4 Å². The number of nitrogens with one attached hydrogen (secondary N) is 1. The summed E-state index contributed by atoms with van der Waals surface area (Å²) in [5.74, 6) is 0.815. The molecule has 0 aromatic rings. The van der Waals surface area contributed by atoms with Gasteiger partial charge in [0.15, 0.2) is 0 Å². The van der Waals surface area contributed by atoms with Crippen LogP contribution in [0.15, 0.2) is 0 Å². The molecule has 0 spiro atoms. The zero-order valence-corrected chi connectivity index (χ0v) is 11.5. The quantitative estimate of drug-likeness (QED) is 0.701. The van der Waals surface area contributed by atoms with Gasteiger partial charge in [-0.2, -0.15) is 0 Å². The van der Waals surface area contributed by atoms with E-state index in [4.69, 9.17) is 5.73 Å². The monoisotopic (exact) mass is 228 g/mol. The second-order valence-corrected chi connectivity index (χ2v) is 5.96. The van der Waals surface area contributed by atoms with Crippen molar-refractivity contribution >= 4 is 5.91 Å². The van der Waals surface area contributed by atoms with Gasteiger partial charge in [-0.15, -0.1) is 0 Å². The molecule has 3 N–H and O–H groups in total. The molecule has 1 amide bonds. The Balaban J connectivity index is 3.99. The topological polar surface area (TPSA) is 55.1 Å². The highest BCUT2D eigenvalue weighted by Crippen LogP contribution is 2.24. The number of carbonyl (C=O) groups is 1. The maximum Gasteiger partial charge on any atom is 0.222 e. The Bertz CT molecular complexity index is 212. The SMILES string of the molecule is CC(C)CC(C)(C)CNC(=O)C(C)CCN. The van der Waals surface area contributed by atoms with Crippen LogP contribution in [0.5, 0.6) is 0 Å². The predicted molar refractivity (Wildman–Crippen MR) is 69.1 cm³/mol. The number of hydrogen-bond acceptors (Lipinski definition) is 2. The van der Waals surface area contributed by atoms with Gasteiger partial charge in [-0.25, -0.2) is 0 Å². The number of carbonyl (C=O) groups excluding carboxylic acids is 1.